The molecule has 0 aliphatic heterocycles. The Morgan fingerprint density at radius 3 is 2.55 bits per heavy atom. The van der Waals surface area contributed by atoms with E-state index in [9.17, 15) is 9.59 Å². The van der Waals surface area contributed by atoms with Crippen LogP contribution < -0.4 is 16.4 Å². The summed E-state index contributed by atoms with van der Waals surface area (Å²) < 4.78 is 0. The molecule has 0 bridgehead atoms. The van der Waals surface area contributed by atoms with Crippen molar-refractivity contribution < 1.29 is 9.59 Å². The summed E-state index contributed by atoms with van der Waals surface area (Å²) in [5, 5.41) is 5.83. The summed E-state index contributed by atoms with van der Waals surface area (Å²) in [6.07, 6.45) is 0. The number of carbonyl (C=O) groups is 2. The summed E-state index contributed by atoms with van der Waals surface area (Å²) >= 11 is 5.84. The molecule has 1 rings (SSSR count). The third-order valence-electron chi connectivity index (χ3n) is 2.91. The van der Waals surface area contributed by atoms with Crippen molar-refractivity contribution >= 4 is 29.1 Å². The van der Waals surface area contributed by atoms with E-state index >= 15 is 0 Å². The number of nitrogens with two attached hydrogens (primary N) is 1. The van der Waals surface area contributed by atoms with E-state index in [2.05, 4.69) is 10.6 Å². The first kappa shape index (κ1) is 16.5. The number of rotatable bonds is 5. The molecule has 0 saturated carbocycles. The molecule has 1 atom stereocenters. The molecule has 0 saturated heterocycles. The van der Waals surface area contributed by atoms with Crippen LogP contribution in [-0.4, -0.2) is 24.4 Å². The molecule has 2 amide bonds. The van der Waals surface area contributed by atoms with E-state index in [1.54, 1.807) is 18.2 Å². The zero-order valence-electron chi connectivity index (χ0n) is 11.9. The van der Waals surface area contributed by atoms with Gasteiger partial charge in [-0.1, -0.05) is 25.4 Å². The van der Waals surface area contributed by atoms with Gasteiger partial charge in [-0.3, -0.25) is 9.59 Å². The Kier molecular flexibility index (Phi) is 5.98. The van der Waals surface area contributed by atoms with Crippen LogP contribution in [0.5, 0.6) is 0 Å². The van der Waals surface area contributed by atoms with Crippen LogP contribution in [0.4, 0.5) is 5.69 Å². The van der Waals surface area contributed by atoms with E-state index < -0.39 is 6.04 Å². The van der Waals surface area contributed by atoms with Gasteiger partial charge in [0.1, 0.15) is 0 Å². The lowest BCUT2D eigenvalue weighted by Crippen LogP contribution is -2.46. The van der Waals surface area contributed by atoms with E-state index in [-0.39, 0.29) is 24.3 Å². The second kappa shape index (κ2) is 7.26. The van der Waals surface area contributed by atoms with Gasteiger partial charge in [0.05, 0.1) is 12.6 Å². The number of hydrogen-bond donors (Lipinski definition) is 3. The normalized spacial score (nSPS) is 12.1. The van der Waals surface area contributed by atoms with Crippen molar-refractivity contribution in [2.45, 2.75) is 26.8 Å². The summed E-state index contributed by atoms with van der Waals surface area (Å²) in [6.45, 7) is 5.43. The van der Waals surface area contributed by atoms with E-state index in [1.165, 1.54) is 0 Å². The fraction of sp³-hybridized carbons (Fsp3) is 0.429. The minimum Gasteiger partial charge on any atom is -0.346 e. The predicted octanol–water partition coefficient (Wildman–Crippen LogP) is 1.69. The molecular formula is C14H20ClN3O2. The second-order valence-corrected chi connectivity index (χ2v) is 5.43. The standard InChI is InChI=1S/C14H20ClN3O2/c1-8(2)13(16)14(20)17-7-12(19)18-11-5-4-10(15)6-9(11)3/h4-6,8,13H,7,16H2,1-3H3,(H,17,20)(H,18,19)/t13-/m0/s1. The van der Waals surface area contributed by atoms with Crippen molar-refractivity contribution in [2.75, 3.05) is 11.9 Å². The highest BCUT2D eigenvalue weighted by molar-refractivity contribution is 6.30. The number of benzene rings is 1. The lowest BCUT2D eigenvalue weighted by molar-refractivity contribution is -0.125. The first-order valence-electron chi connectivity index (χ1n) is 6.40. The number of carbonyl (C=O) groups excluding carboxylic acids is 2. The van der Waals surface area contributed by atoms with Crippen molar-refractivity contribution in [3.8, 4) is 0 Å². The maximum atomic E-state index is 11.7. The molecule has 5 nitrogen and oxygen atoms in total. The quantitative estimate of drug-likeness (QED) is 0.773. The maximum Gasteiger partial charge on any atom is 0.243 e. The Bertz CT molecular complexity index is 503. The maximum absolute atomic E-state index is 11.7. The van der Waals surface area contributed by atoms with E-state index in [0.717, 1.165) is 5.56 Å². The number of nitrogens with one attached hydrogen (secondary N) is 2. The van der Waals surface area contributed by atoms with E-state index in [1.807, 2.05) is 20.8 Å². The molecule has 6 heteroatoms. The average Bonchev–Trinajstić information content (AvgIpc) is 2.38. The third kappa shape index (κ3) is 4.83. The highest BCUT2D eigenvalue weighted by atomic mass is 35.5. The van der Waals surface area contributed by atoms with Crippen molar-refractivity contribution in [3.63, 3.8) is 0 Å². The molecule has 4 N–H and O–H groups in total. The zero-order chi connectivity index (χ0) is 15.3. The van der Waals surface area contributed by atoms with Gasteiger partial charge in [-0.05, 0) is 36.6 Å². The molecular weight excluding hydrogens is 278 g/mol. The minimum atomic E-state index is -0.611. The molecule has 110 valence electrons. The smallest absolute Gasteiger partial charge is 0.243 e. The third-order valence-corrected chi connectivity index (χ3v) is 3.14. The van der Waals surface area contributed by atoms with Crippen LogP contribution in [0.3, 0.4) is 0 Å². The Balaban J connectivity index is 2.50. The molecule has 0 spiro atoms. The van der Waals surface area contributed by atoms with Gasteiger partial charge in [-0.2, -0.15) is 0 Å². The molecule has 0 radical (unpaired) electrons. The van der Waals surface area contributed by atoms with Crippen LogP contribution in [0.15, 0.2) is 18.2 Å². The highest BCUT2D eigenvalue weighted by Gasteiger charge is 2.17. The van der Waals surface area contributed by atoms with Crippen LogP contribution >= 0.6 is 11.6 Å². The molecule has 0 unspecified atom stereocenters. The summed E-state index contributed by atoms with van der Waals surface area (Å²) in [4.78, 5) is 23.4. The van der Waals surface area contributed by atoms with Crippen molar-refractivity contribution in [2.24, 2.45) is 11.7 Å². The molecule has 20 heavy (non-hydrogen) atoms. The van der Waals surface area contributed by atoms with Gasteiger partial charge in [0.25, 0.3) is 0 Å². The topological polar surface area (TPSA) is 84.2 Å². The molecule has 1 aromatic carbocycles. The Hall–Kier alpha value is -1.59. The molecule has 0 heterocycles. The van der Waals surface area contributed by atoms with Gasteiger partial charge in [0.15, 0.2) is 0 Å². The first-order valence-corrected chi connectivity index (χ1v) is 6.78. The van der Waals surface area contributed by atoms with Gasteiger partial charge in [0, 0.05) is 10.7 Å². The van der Waals surface area contributed by atoms with Crippen LogP contribution in [0, 0.1) is 12.8 Å². The van der Waals surface area contributed by atoms with Crippen molar-refractivity contribution in [1.82, 2.24) is 5.32 Å². The SMILES string of the molecule is Cc1cc(Cl)ccc1NC(=O)CNC(=O)[C@@H](N)C(C)C. The summed E-state index contributed by atoms with van der Waals surface area (Å²) in [7, 11) is 0. The second-order valence-electron chi connectivity index (χ2n) is 5.00. The van der Waals surface area contributed by atoms with Gasteiger partial charge in [0.2, 0.25) is 11.8 Å². The van der Waals surface area contributed by atoms with E-state index in [4.69, 9.17) is 17.3 Å². The van der Waals surface area contributed by atoms with Gasteiger partial charge in [-0.25, -0.2) is 0 Å². The van der Waals surface area contributed by atoms with Crippen LogP contribution in [-0.2, 0) is 9.59 Å². The van der Waals surface area contributed by atoms with Gasteiger partial charge < -0.3 is 16.4 Å². The summed E-state index contributed by atoms with van der Waals surface area (Å²) in [6, 6.07) is 4.55. The van der Waals surface area contributed by atoms with Crippen molar-refractivity contribution in [3.05, 3.63) is 28.8 Å². The Labute approximate surface area is 123 Å². The van der Waals surface area contributed by atoms with E-state index in [0.29, 0.717) is 10.7 Å². The van der Waals surface area contributed by atoms with Crippen molar-refractivity contribution in [1.29, 1.82) is 0 Å². The van der Waals surface area contributed by atoms with Crippen LogP contribution in [0.25, 0.3) is 0 Å². The highest BCUT2D eigenvalue weighted by Crippen LogP contribution is 2.19. The first-order chi connectivity index (χ1) is 9.31. The Morgan fingerprint density at radius 1 is 1.35 bits per heavy atom. The average molecular weight is 298 g/mol. The minimum absolute atomic E-state index is 0.0246. The molecule has 1 aromatic rings. The monoisotopic (exact) mass is 297 g/mol. The summed E-state index contributed by atoms with van der Waals surface area (Å²) in [5.74, 6) is -0.612. The predicted molar refractivity (Wildman–Crippen MR) is 80.6 cm³/mol. The largest absolute Gasteiger partial charge is 0.346 e. The molecule has 0 fully saturated rings. The number of halogens is 1. The molecule has 0 aromatic heterocycles. The number of hydrogen-bond acceptors (Lipinski definition) is 3. The Morgan fingerprint density at radius 2 is 2.00 bits per heavy atom. The number of anilines is 1. The van der Waals surface area contributed by atoms with Crippen LogP contribution in [0.1, 0.15) is 19.4 Å². The number of amides is 2. The number of aryl methyl sites for hydroxylation is 1. The van der Waals surface area contributed by atoms with Gasteiger partial charge in [-0.15, -0.1) is 0 Å². The lowest BCUT2D eigenvalue weighted by atomic mass is 10.1. The zero-order valence-corrected chi connectivity index (χ0v) is 12.6. The fourth-order valence-electron chi connectivity index (χ4n) is 1.55. The van der Waals surface area contributed by atoms with Crippen LogP contribution in [0.2, 0.25) is 5.02 Å². The molecule has 0 aliphatic rings. The fourth-order valence-corrected chi connectivity index (χ4v) is 1.78. The lowest BCUT2D eigenvalue weighted by Gasteiger charge is -2.15. The van der Waals surface area contributed by atoms with Gasteiger partial charge >= 0.3 is 0 Å². The molecule has 0 aliphatic carbocycles. The summed E-state index contributed by atoms with van der Waals surface area (Å²) in [5.41, 5.74) is 7.21.